The van der Waals surface area contributed by atoms with Crippen molar-refractivity contribution in [1.29, 1.82) is 0 Å². The lowest BCUT2D eigenvalue weighted by atomic mass is 10.2. The minimum atomic E-state index is 1.13. The molecule has 0 heterocycles. The molecule has 0 unspecified atom stereocenters. The Morgan fingerprint density at radius 2 is 1.90 bits per heavy atom. The molecule has 0 radical (unpaired) electrons. The van der Waals surface area contributed by atoms with Gasteiger partial charge >= 0.3 is 0 Å². The standard InChI is InChI=1S/C8H14.C2H4/c1-4-6-7-8(3)5-2;1-2/h5-7H,4H2,1-3H3;1-2H2/b7-6-,8-5-;. The van der Waals surface area contributed by atoms with Crippen molar-refractivity contribution in [3.63, 3.8) is 0 Å². The highest BCUT2D eigenvalue weighted by Crippen LogP contribution is 1.93. The van der Waals surface area contributed by atoms with Crippen LogP contribution in [-0.4, -0.2) is 0 Å². The third-order valence-corrected chi connectivity index (χ3v) is 1.07. The van der Waals surface area contributed by atoms with E-state index in [9.17, 15) is 0 Å². The topological polar surface area (TPSA) is 0 Å². The molecule has 0 aromatic heterocycles. The summed E-state index contributed by atoms with van der Waals surface area (Å²) >= 11 is 0. The first kappa shape index (κ1) is 12.0. The first-order chi connectivity index (χ1) is 4.81. The zero-order chi connectivity index (χ0) is 8.41. The number of rotatable bonds is 2. The highest BCUT2D eigenvalue weighted by Gasteiger charge is 1.72. The molecule has 0 saturated carbocycles. The van der Waals surface area contributed by atoms with E-state index in [4.69, 9.17) is 0 Å². The Hall–Kier alpha value is -0.780. The maximum Gasteiger partial charge on any atom is -0.0376 e. The van der Waals surface area contributed by atoms with Gasteiger partial charge in [-0.2, -0.15) is 0 Å². The normalized spacial score (nSPS) is 10.9. The summed E-state index contributed by atoms with van der Waals surface area (Å²) in [7, 11) is 0. The highest BCUT2D eigenvalue weighted by molar-refractivity contribution is 5.14. The first-order valence-electron chi connectivity index (χ1n) is 3.60. The monoisotopic (exact) mass is 138 g/mol. The largest absolute Gasteiger partial charge is 0.106 e. The minimum Gasteiger partial charge on any atom is -0.106 e. The van der Waals surface area contributed by atoms with Crippen molar-refractivity contribution in [2.45, 2.75) is 27.2 Å². The molecule has 0 N–H and O–H groups in total. The fraction of sp³-hybridized carbons (Fsp3) is 0.400. The van der Waals surface area contributed by atoms with Gasteiger partial charge in [0.25, 0.3) is 0 Å². The van der Waals surface area contributed by atoms with Crippen LogP contribution in [-0.2, 0) is 0 Å². The fourth-order valence-electron chi connectivity index (χ4n) is 0.400. The summed E-state index contributed by atoms with van der Waals surface area (Å²) in [4.78, 5) is 0. The molecule has 0 atom stereocenters. The summed E-state index contributed by atoms with van der Waals surface area (Å²) in [5.41, 5.74) is 1.34. The highest BCUT2D eigenvalue weighted by atomic mass is 13.8. The lowest BCUT2D eigenvalue weighted by Crippen LogP contribution is -1.62. The van der Waals surface area contributed by atoms with Crippen LogP contribution < -0.4 is 0 Å². The molecular formula is C10H18. The summed E-state index contributed by atoms with van der Waals surface area (Å²) in [6, 6.07) is 0. The molecular weight excluding hydrogens is 120 g/mol. The maximum atomic E-state index is 3.00. The lowest BCUT2D eigenvalue weighted by molar-refractivity contribution is 1.22. The summed E-state index contributed by atoms with van der Waals surface area (Å²) in [5.74, 6) is 0. The Morgan fingerprint density at radius 1 is 1.40 bits per heavy atom. The van der Waals surface area contributed by atoms with Gasteiger partial charge in [0.1, 0.15) is 0 Å². The van der Waals surface area contributed by atoms with Gasteiger partial charge in [-0.25, -0.2) is 0 Å². The number of allylic oxidation sites excluding steroid dienone is 4. The van der Waals surface area contributed by atoms with Gasteiger partial charge in [-0.1, -0.05) is 30.7 Å². The minimum absolute atomic E-state index is 1.13. The van der Waals surface area contributed by atoms with Crippen LogP contribution in [0.5, 0.6) is 0 Å². The average Bonchev–Trinajstić information content (AvgIpc) is 2.04. The zero-order valence-electron chi connectivity index (χ0n) is 7.35. The molecule has 0 aromatic rings. The molecule has 10 heavy (non-hydrogen) atoms. The Labute approximate surface area is 65.0 Å². The van der Waals surface area contributed by atoms with Crippen LogP contribution in [0.4, 0.5) is 0 Å². The van der Waals surface area contributed by atoms with Crippen LogP contribution in [0.25, 0.3) is 0 Å². The predicted molar refractivity (Wildman–Crippen MR) is 50.1 cm³/mol. The molecule has 0 aliphatic rings. The van der Waals surface area contributed by atoms with E-state index in [1.165, 1.54) is 5.57 Å². The molecule has 0 nitrogen and oxygen atoms in total. The zero-order valence-corrected chi connectivity index (χ0v) is 7.35. The third kappa shape index (κ3) is 10.3. The maximum absolute atomic E-state index is 3.00. The molecule has 0 aromatic carbocycles. The van der Waals surface area contributed by atoms with E-state index in [2.05, 4.69) is 52.2 Å². The Bertz CT molecular complexity index is 107. The number of hydrogen-bond donors (Lipinski definition) is 0. The molecule has 58 valence electrons. The molecule has 0 rings (SSSR count). The summed E-state index contributed by atoms with van der Waals surface area (Å²) < 4.78 is 0. The molecule has 0 fully saturated rings. The van der Waals surface area contributed by atoms with Crippen molar-refractivity contribution in [3.05, 3.63) is 37.0 Å². The molecule has 0 heteroatoms. The predicted octanol–water partition coefficient (Wildman–Crippen LogP) is 3.72. The van der Waals surface area contributed by atoms with Gasteiger partial charge in [-0.3, -0.25) is 0 Å². The lowest BCUT2D eigenvalue weighted by Gasteiger charge is -1.84. The molecule has 0 aliphatic heterocycles. The fourth-order valence-corrected chi connectivity index (χ4v) is 0.400. The van der Waals surface area contributed by atoms with Gasteiger partial charge in [-0.05, 0) is 20.3 Å². The van der Waals surface area contributed by atoms with Crippen LogP contribution in [0.15, 0.2) is 37.0 Å². The van der Waals surface area contributed by atoms with Crippen molar-refractivity contribution in [1.82, 2.24) is 0 Å². The van der Waals surface area contributed by atoms with Crippen LogP contribution in [0.2, 0.25) is 0 Å². The SMILES string of the molecule is C/C=C(C)\C=C/CC.C=C. The van der Waals surface area contributed by atoms with E-state index in [0.29, 0.717) is 0 Å². The van der Waals surface area contributed by atoms with Gasteiger partial charge in [0.05, 0.1) is 0 Å². The van der Waals surface area contributed by atoms with E-state index in [1.54, 1.807) is 0 Å². The van der Waals surface area contributed by atoms with Gasteiger partial charge < -0.3 is 0 Å². The van der Waals surface area contributed by atoms with Gasteiger partial charge in [0.15, 0.2) is 0 Å². The van der Waals surface area contributed by atoms with Gasteiger partial charge in [0.2, 0.25) is 0 Å². The van der Waals surface area contributed by atoms with E-state index in [0.717, 1.165) is 6.42 Å². The van der Waals surface area contributed by atoms with Crippen molar-refractivity contribution in [2.24, 2.45) is 0 Å². The Morgan fingerprint density at radius 3 is 2.20 bits per heavy atom. The second-order valence-electron chi connectivity index (χ2n) is 1.84. The van der Waals surface area contributed by atoms with E-state index >= 15 is 0 Å². The van der Waals surface area contributed by atoms with E-state index < -0.39 is 0 Å². The number of hydrogen-bond acceptors (Lipinski definition) is 0. The first-order valence-corrected chi connectivity index (χ1v) is 3.60. The van der Waals surface area contributed by atoms with Crippen molar-refractivity contribution in [2.75, 3.05) is 0 Å². The van der Waals surface area contributed by atoms with Gasteiger partial charge in [-0.15, -0.1) is 13.2 Å². The van der Waals surface area contributed by atoms with Crippen LogP contribution in [0.3, 0.4) is 0 Å². The average molecular weight is 138 g/mol. The second kappa shape index (κ2) is 11.1. The quantitative estimate of drug-likeness (QED) is 0.403. The molecule has 0 spiro atoms. The molecule has 0 amide bonds. The van der Waals surface area contributed by atoms with Gasteiger partial charge in [0, 0.05) is 0 Å². The van der Waals surface area contributed by atoms with E-state index in [1.807, 2.05) is 0 Å². The smallest absolute Gasteiger partial charge is 0.0376 e. The second-order valence-corrected chi connectivity index (χ2v) is 1.84. The Kier molecular flexibility index (Phi) is 13.2. The van der Waals surface area contributed by atoms with Crippen LogP contribution in [0.1, 0.15) is 27.2 Å². The van der Waals surface area contributed by atoms with Crippen molar-refractivity contribution < 1.29 is 0 Å². The summed E-state index contributed by atoms with van der Waals surface area (Å²) in [6.45, 7) is 12.3. The molecule has 0 aliphatic carbocycles. The molecule has 0 bridgehead atoms. The summed E-state index contributed by atoms with van der Waals surface area (Å²) in [5, 5.41) is 0. The van der Waals surface area contributed by atoms with Crippen molar-refractivity contribution in [3.8, 4) is 0 Å². The van der Waals surface area contributed by atoms with Crippen molar-refractivity contribution >= 4 is 0 Å². The van der Waals surface area contributed by atoms with Crippen LogP contribution >= 0.6 is 0 Å². The van der Waals surface area contributed by atoms with E-state index in [-0.39, 0.29) is 0 Å². The van der Waals surface area contributed by atoms with Crippen LogP contribution in [0, 0.1) is 0 Å². The Balaban J connectivity index is 0. The third-order valence-electron chi connectivity index (χ3n) is 1.07. The molecule has 0 saturated heterocycles. The summed E-state index contributed by atoms with van der Waals surface area (Å²) in [6.07, 6.45) is 7.53.